The molecule has 0 fully saturated rings. The van der Waals surface area contributed by atoms with Crippen LogP contribution in [-0.2, 0) is 6.42 Å². The lowest BCUT2D eigenvalue weighted by Gasteiger charge is -2.12. The van der Waals surface area contributed by atoms with Crippen LogP contribution in [0.3, 0.4) is 0 Å². The lowest BCUT2D eigenvalue weighted by molar-refractivity contribution is 0.320. The van der Waals surface area contributed by atoms with Crippen LogP contribution < -0.4 is 10.1 Å². The average molecular weight is 326 g/mol. The predicted octanol–water partition coefficient (Wildman–Crippen LogP) is 2.75. The molecule has 0 saturated heterocycles. The molecule has 1 atom stereocenters. The predicted molar refractivity (Wildman–Crippen MR) is 85.6 cm³/mol. The Morgan fingerprint density at radius 3 is 3.08 bits per heavy atom. The first-order valence-electron chi connectivity index (χ1n) is 8.08. The van der Waals surface area contributed by atoms with E-state index in [0.29, 0.717) is 36.5 Å². The summed E-state index contributed by atoms with van der Waals surface area (Å²) in [5.74, 6) is 2.44. The molecular weight excluding hydrogens is 308 g/mol. The van der Waals surface area contributed by atoms with Crippen LogP contribution in [0.2, 0.25) is 0 Å². The highest BCUT2D eigenvalue weighted by Gasteiger charge is 2.26. The summed E-state index contributed by atoms with van der Waals surface area (Å²) in [6, 6.07) is 7.66. The van der Waals surface area contributed by atoms with Crippen LogP contribution in [0.25, 0.3) is 11.5 Å². The zero-order valence-electron chi connectivity index (χ0n) is 13.4. The lowest BCUT2D eigenvalue weighted by atomic mass is 10.1. The first-order valence-corrected chi connectivity index (χ1v) is 8.08. The van der Waals surface area contributed by atoms with E-state index in [1.54, 1.807) is 6.26 Å². The summed E-state index contributed by atoms with van der Waals surface area (Å²) >= 11 is 0. The number of rotatable bonds is 4. The van der Waals surface area contributed by atoms with Crippen LogP contribution in [0.15, 0.2) is 39.5 Å². The number of hydrogen-bond acceptors (Lipinski definition) is 7. The van der Waals surface area contributed by atoms with Gasteiger partial charge in [0.25, 0.3) is 0 Å². The van der Waals surface area contributed by atoms with E-state index < -0.39 is 0 Å². The first-order chi connectivity index (χ1) is 11.8. The number of oxazole rings is 1. The van der Waals surface area contributed by atoms with Crippen molar-refractivity contribution >= 4 is 0 Å². The highest BCUT2D eigenvalue weighted by atomic mass is 16.5. The maximum absolute atomic E-state index is 5.74. The van der Waals surface area contributed by atoms with Crippen molar-refractivity contribution in [1.29, 1.82) is 0 Å². The van der Waals surface area contributed by atoms with E-state index in [1.807, 2.05) is 24.3 Å². The molecule has 0 spiro atoms. The van der Waals surface area contributed by atoms with Crippen LogP contribution in [0, 0.1) is 0 Å². The second kappa shape index (κ2) is 6.45. The molecule has 124 valence electrons. The molecule has 0 saturated carbocycles. The molecule has 3 heterocycles. The van der Waals surface area contributed by atoms with Crippen molar-refractivity contribution in [2.75, 3.05) is 13.2 Å². The van der Waals surface area contributed by atoms with Gasteiger partial charge in [-0.15, -0.1) is 0 Å². The molecule has 3 aromatic rings. The number of aromatic nitrogens is 3. The fourth-order valence-corrected chi connectivity index (χ4v) is 2.74. The van der Waals surface area contributed by atoms with Crippen LogP contribution in [-0.4, -0.2) is 28.3 Å². The van der Waals surface area contributed by atoms with Gasteiger partial charge >= 0.3 is 0 Å². The normalized spacial score (nSPS) is 17.1. The lowest BCUT2D eigenvalue weighted by Crippen LogP contribution is -2.24. The molecule has 0 bridgehead atoms. The van der Waals surface area contributed by atoms with Gasteiger partial charge in [0.1, 0.15) is 30.4 Å². The van der Waals surface area contributed by atoms with Gasteiger partial charge < -0.3 is 13.7 Å². The summed E-state index contributed by atoms with van der Waals surface area (Å²) in [5.41, 5.74) is 1.57. The van der Waals surface area contributed by atoms with Crippen LogP contribution in [0.1, 0.15) is 36.7 Å². The third kappa shape index (κ3) is 2.78. The van der Waals surface area contributed by atoms with Gasteiger partial charge in [-0.3, -0.25) is 5.32 Å². The van der Waals surface area contributed by atoms with Crippen molar-refractivity contribution in [2.45, 2.75) is 25.8 Å². The van der Waals surface area contributed by atoms with E-state index >= 15 is 0 Å². The zero-order valence-corrected chi connectivity index (χ0v) is 13.4. The number of nitrogens with zero attached hydrogens (tertiary/aromatic N) is 3. The van der Waals surface area contributed by atoms with Gasteiger partial charge in [0, 0.05) is 18.5 Å². The van der Waals surface area contributed by atoms with Gasteiger partial charge in [-0.1, -0.05) is 30.3 Å². The molecule has 7 nitrogen and oxygen atoms in total. The van der Waals surface area contributed by atoms with E-state index in [0.717, 1.165) is 24.2 Å². The fraction of sp³-hybridized carbons (Fsp3) is 0.353. The van der Waals surface area contributed by atoms with Gasteiger partial charge in [0.05, 0.1) is 0 Å². The van der Waals surface area contributed by atoms with Crippen molar-refractivity contribution in [3.8, 4) is 17.3 Å². The highest BCUT2D eigenvalue weighted by molar-refractivity contribution is 5.47. The van der Waals surface area contributed by atoms with Gasteiger partial charge in [0.2, 0.25) is 11.7 Å². The number of benzene rings is 1. The van der Waals surface area contributed by atoms with Gasteiger partial charge in [-0.2, -0.15) is 4.98 Å². The minimum absolute atomic E-state index is 0.202. The molecule has 0 amide bonds. The maximum Gasteiger partial charge on any atom is 0.248 e. The molecule has 1 N–H and O–H groups in total. The monoisotopic (exact) mass is 326 g/mol. The number of ether oxygens (including phenoxy) is 1. The van der Waals surface area contributed by atoms with E-state index in [1.165, 1.54) is 0 Å². The summed E-state index contributed by atoms with van der Waals surface area (Å²) in [4.78, 5) is 8.89. The highest BCUT2D eigenvalue weighted by Crippen LogP contribution is 2.31. The van der Waals surface area contributed by atoms with Crippen molar-refractivity contribution in [2.24, 2.45) is 0 Å². The zero-order chi connectivity index (χ0) is 16.4. The van der Waals surface area contributed by atoms with Gasteiger partial charge in [0.15, 0.2) is 5.89 Å². The standard InChI is InChI=1S/C17H18N4O3/c1-2-5-14-19-12(10-23-14)16-20-17(24-21-16)15-11-6-3-4-7-13(11)22-9-8-18-15/h3-4,6-7,10,15,18H,2,5,8-9H2,1H3. The number of aryl methyl sites for hydroxylation is 1. The van der Waals surface area contributed by atoms with Crippen molar-refractivity contribution in [3.05, 3.63) is 47.9 Å². The van der Waals surface area contributed by atoms with Gasteiger partial charge in [-0.25, -0.2) is 4.98 Å². The summed E-state index contributed by atoms with van der Waals surface area (Å²) in [7, 11) is 0. The Morgan fingerprint density at radius 2 is 2.17 bits per heavy atom. The number of hydrogen-bond donors (Lipinski definition) is 1. The summed E-state index contributed by atoms with van der Waals surface area (Å²) in [6.45, 7) is 3.37. The molecule has 1 aromatic carbocycles. The van der Waals surface area contributed by atoms with Crippen LogP contribution in [0.5, 0.6) is 5.75 Å². The molecule has 2 aromatic heterocycles. The summed E-state index contributed by atoms with van der Waals surface area (Å²) in [5, 5.41) is 7.43. The van der Waals surface area contributed by atoms with Crippen molar-refractivity contribution in [1.82, 2.24) is 20.4 Å². The van der Waals surface area contributed by atoms with Crippen molar-refractivity contribution < 1.29 is 13.7 Å². The number of nitrogens with one attached hydrogen (secondary N) is 1. The molecule has 1 unspecified atom stereocenters. The Morgan fingerprint density at radius 1 is 1.25 bits per heavy atom. The third-order valence-electron chi connectivity index (χ3n) is 3.87. The maximum atomic E-state index is 5.74. The SMILES string of the molecule is CCCc1nc(-c2noc(C3NCCOc4ccccc43)n2)co1. The smallest absolute Gasteiger partial charge is 0.248 e. The largest absolute Gasteiger partial charge is 0.492 e. The van der Waals surface area contributed by atoms with Crippen LogP contribution in [0.4, 0.5) is 0 Å². The minimum atomic E-state index is -0.202. The van der Waals surface area contributed by atoms with Gasteiger partial charge in [-0.05, 0) is 12.5 Å². The molecule has 1 aliphatic rings. The third-order valence-corrected chi connectivity index (χ3v) is 3.87. The van der Waals surface area contributed by atoms with Crippen LogP contribution >= 0.6 is 0 Å². The van der Waals surface area contributed by atoms with E-state index in [4.69, 9.17) is 13.7 Å². The quantitative estimate of drug-likeness (QED) is 0.789. The summed E-state index contributed by atoms with van der Waals surface area (Å²) < 4.78 is 16.6. The van der Waals surface area contributed by atoms with E-state index in [2.05, 4.69) is 27.4 Å². The number of fused-ring (bicyclic) bond motifs is 1. The topological polar surface area (TPSA) is 86.2 Å². The molecule has 24 heavy (non-hydrogen) atoms. The Kier molecular flexibility index (Phi) is 4.00. The molecule has 0 radical (unpaired) electrons. The Hall–Kier alpha value is -2.67. The number of para-hydroxylation sites is 1. The average Bonchev–Trinajstić information content (AvgIpc) is 3.21. The summed E-state index contributed by atoms with van der Waals surface area (Å²) in [6.07, 6.45) is 3.33. The van der Waals surface area contributed by atoms with Crippen molar-refractivity contribution in [3.63, 3.8) is 0 Å². The first kappa shape index (κ1) is 14.9. The second-order valence-corrected chi connectivity index (χ2v) is 5.61. The molecule has 0 aliphatic carbocycles. The molecule has 4 rings (SSSR count). The van der Waals surface area contributed by atoms with E-state index in [9.17, 15) is 0 Å². The molecule has 1 aliphatic heterocycles. The Bertz CT molecular complexity index is 827. The second-order valence-electron chi connectivity index (χ2n) is 5.61. The molecular formula is C17H18N4O3. The minimum Gasteiger partial charge on any atom is -0.492 e. The molecule has 7 heteroatoms. The van der Waals surface area contributed by atoms with E-state index in [-0.39, 0.29) is 6.04 Å². The fourth-order valence-electron chi connectivity index (χ4n) is 2.74. The Balaban J connectivity index is 1.64. The Labute approximate surface area is 139 Å².